The molecular weight excluding hydrogens is 290 g/mol. The Morgan fingerprint density at radius 1 is 1.04 bits per heavy atom. The molecule has 0 aromatic heterocycles. The zero-order valence-corrected chi connectivity index (χ0v) is 13.6. The third-order valence-corrected chi connectivity index (χ3v) is 3.51. The van der Waals surface area contributed by atoms with Gasteiger partial charge in [0.2, 0.25) is 5.91 Å². The number of para-hydroxylation sites is 1. The predicted octanol–water partition coefficient (Wildman–Crippen LogP) is 3.59. The van der Waals surface area contributed by atoms with Gasteiger partial charge in [-0.15, -0.1) is 0 Å². The van der Waals surface area contributed by atoms with E-state index in [0.29, 0.717) is 0 Å². The summed E-state index contributed by atoms with van der Waals surface area (Å²) in [6.45, 7) is 1.93. The first kappa shape index (κ1) is 16.6. The molecule has 0 heterocycles. The predicted molar refractivity (Wildman–Crippen MR) is 91.6 cm³/mol. The minimum atomic E-state index is -0.153. The third kappa shape index (κ3) is 4.61. The molecule has 0 bridgehead atoms. The molecule has 0 aliphatic carbocycles. The Morgan fingerprint density at radius 2 is 1.74 bits per heavy atom. The van der Waals surface area contributed by atoms with E-state index in [1.54, 1.807) is 20.3 Å². The molecule has 2 aromatic carbocycles. The van der Waals surface area contributed by atoms with Crippen molar-refractivity contribution in [3.05, 3.63) is 65.7 Å². The Morgan fingerprint density at radius 3 is 2.39 bits per heavy atom. The van der Waals surface area contributed by atoms with Crippen LogP contribution in [-0.4, -0.2) is 20.1 Å². The molecule has 0 saturated heterocycles. The molecule has 1 N–H and O–H groups in total. The average molecular weight is 311 g/mol. The van der Waals surface area contributed by atoms with Crippen molar-refractivity contribution in [1.29, 1.82) is 0 Å². The van der Waals surface area contributed by atoms with Crippen molar-refractivity contribution in [1.82, 2.24) is 5.32 Å². The topological polar surface area (TPSA) is 47.6 Å². The molecule has 0 saturated carbocycles. The molecule has 0 aliphatic rings. The largest absolute Gasteiger partial charge is 0.497 e. The number of hydrogen-bond donors (Lipinski definition) is 1. The number of ether oxygens (including phenoxy) is 2. The van der Waals surface area contributed by atoms with Crippen molar-refractivity contribution in [2.75, 3.05) is 14.2 Å². The van der Waals surface area contributed by atoms with Crippen molar-refractivity contribution >= 4 is 12.0 Å². The van der Waals surface area contributed by atoms with E-state index in [1.165, 1.54) is 6.08 Å². The van der Waals surface area contributed by atoms with E-state index in [9.17, 15) is 4.79 Å². The van der Waals surface area contributed by atoms with Crippen LogP contribution in [0.4, 0.5) is 0 Å². The second kappa shape index (κ2) is 8.03. The standard InChI is InChI=1S/C19H21NO3/c1-14(17-6-4-5-7-18(17)23-3)20-19(21)13-10-15-8-11-16(22-2)12-9-15/h4-14H,1-3H3,(H,20,21)/b13-10+/t14-/m0/s1. The summed E-state index contributed by atoms with van der Waals surface area (Å²) in [5, 5.41) is 2.93. The van der Waals surface area contributed by atoms with Crippen LogP contribution in [0.3, 0.4) is 0 Å². The SMILES string of the molecule is COc1ccc(/C=C/C(=O)N[C@@H](C)c2ccccc2OC)cc1. The summed E-state index contributed by atoms with van der Waals surface area (Å²) in [5.41, 5.74) is 1.88. The van der Waals surface area contributed by atoms with Gasteiger partial charge in [-0.1, -0.05) is 30.3 Å². The molecule has 2 rings (SSSR count). The fraction of sp³-hybridized carbons (Fsp3) is 0.211. The molecule has 23 heavy (non-hydrogen) atoms. The summed E-state index contributed by atoms with van der Waals surface area (Å²) < 4.78 is 10.4. The van der Waals surface area contributed by atoms with Gasteiger partial charge in [0.25, 0.3) is 0 Å². The quantitative estimate of drug-likeness (QED) is 0.829. The van der Waals surface area contributed by atoms with E-state index in [-0.39, 0.29) is 11.9 Å². The maximum atomic E-state index is 12.1. The smallest absolute Gasteiger partial charge is 0.244 e. The van der Waals surface area contributed by atoms with E-state index in [1.807, 2.05) is 55.5 Å². The van der Waals surface area contributed by atoms with Gasteiger partial charge in [-0.25, -0.2) is 0 Å². The van der Waals surface area contributed by atoms with Crippen LogP contribution in [0.2, 0.25) is 0 Å². The van der Waals surface area contributed by atoms with E-state index in [0.717, 1.165) is 22.6 Å². The van der Waals surface area contributed by atoms with Crippen LogP contribution in [0.15, 0.2) is 54.6 Å². The van der Waals surface area contributed by atoms with Crippen LogP contribution >= 0.6 is 0 Å². The highest BCUT2D eigenvalue weighted by Gasteiger charge is 2.11. The Balaban J connectivity index is 1.99. The van der Waals surface area contributed by atoms with Crippen LogP contribution in [0, 0.1) is 0 Å². The second-order valence-electron chi connectivity index (χ2n) is 5.08. The highest BCUT2D eigenvalue weighted by atomic mass is 16.5. The first-order valence-electron chi connectivity index (χ1n) is 7.39. The Bertz CT molecular complexity index is 677. The first-order valence-corrected chi connectivity index (χ1v) is 7.39. The number of benzene rings is 2. The van der Waals surface area contributed by atoms with Crippen LogP contribution in [0.5, 0.6) is 11.5 Å². The van der Waals surface area contributed by atoms with Crippen LogP contribution in [0.25, 0.3) is 6.08 Å². The lowest BCUT2D eigenvalue weighted by atomic mass is 10.1. The first-order chi connectivity index (χ1) is 11.1. The minimum absolute atomic E-state index is 0.140. The van der Waals surface area contributed by atoms with E-state index < -0.39 is 0 Å². The molecular formula is C19H21NO3. The van der Waals surface area contributed by atoms with Gasteiger partial charge in [-0.2, -0.15) is 0 Å². The molecule has 120 valence electrons. The summed E-state index contributed by atoms with van der Waals surface area (Å²) in [7, 11) is 3.24. The molecule has 4 heteroatoms. The van der Waals surface area contributed by atoms with Crippen LogP contribution < -0.4 is 14.8 Å². The zero-order valence-electron chi connectivity index (χ0n) is 13.6. The van der Waals surface area contributed by atoms with Gasteiger partial charge in [-0.3, -0.25) is 4.79 Å². The van der Waals surface area contributed by atoms with Gasteiger partial charge in [-0.05, 0) is 36.8 Å². The van der Waals surface area contributed by atoms with Gasteiger partial charge in [0, 0.05) is 11.6 Å². The lowest BCUT2D eigenvalue weighted by Crippen LogP contribution is -2.24. The maximum absolute atomic E-state index is 12.1. The zero-order chi connectivity index (χ0) is 16.7. The molecule has 0 unspecified atom stereocenters. The lowest BCUT2D eigenvalue weighted by molar-refractivity contribution is -0.117. The van der Waals surface area contributed by atoms with Gasteiger partial charge in [0.1, 0.15) is 11.5 Å². The molecule has 0 fully saturated rings. The highest BCUT2D eigenvalue weighted by Crippen LogP contribution is 2.24. The Labute approximate surface area is 136 Å². The number of methoxy groups -OCH3 is 2. The van der Waals surface area contributed by atoms with Crippen molar-refractivity contribution in [2.45, 2.75) is 13.0 Å². The van der Waals surface area contributed by atoms with E-state index >= 15 is 0 Å². The van der Waals surface area contributed by atoms with E-state index in [2.05, 4.69) is 5.32 Å². The summed E-state index contributed by atoms with van der Waals surface area (Å²) in [4.78, 5) is 12.1. The maximum Gasteiger partial charge on any atom is 0.244 e. The van der Waals surface area contributed by atoms with Gasteiger partial charge < -0.3 is 14.8 Å². The number of nitrogens with one attached hydrogen (secondary N) is 1. The van der Waals surface area contributed by atoms with Crippen molar-refractivity contribution in [3.63, 3.8) is 0 Å². The van der Waals surface area contributed by atoms with Crippen LogP contribution in [0.1, 0.15) is 24.1 Å². The second-order valence-corrected chi connectivity index (χ2v) is 5.08. The molecule has 4 nitrogen and oxygen atoms in total. The van der Waals surface area contributed by atoms with Crippen molar-refractivity contribution in [3.8, 4) is 11.5 Å². The summed E-state index contributed by atoms with van der Waals surface area (Å²) in [6.07, 6.45) is 3.29. The van der Waals surface area contributed by atoms with Crippen molar-refractivity contribution in [2.24, 2.45) is 0 Å². The molecule has 0 aliphatic heterocycles. The van der Waals surface area contributed by atoms with Gasteiger partial charge in [0.15, 0.2) is 0 Å². The van der Waals surface area contributed by atoms with Gasteiger partial charge in [0.05, 0.1) is 20.3 Å². The lowest BCUT2D eigenvalue weighted by Gasteiger charge is -2.16. The third-order valence-electron chi connectivity index (χ3n) is 3.51. The number of amides is 1. The number of carbonyl (C=O) groups excluding carboxylic acids is 1. The number of hydrogen-bond acceptors (Lipinski definition) is 3. The van der Waals surface area contributed by atoms with Gasteiger partial charge >= 0.3 is 0 Å². The summed E-state index contributed by atoms with van der Waals surface area (Å²) >= 11 is 0. The normalized spacial score (nSPS) is 12.0. The molecule has 0 radical (unpaired) electrons. The number of carbonyl (C=O) groups is 1. The summed E-state index contributed by atoms with van der Waals surface area (Å²) in [5.74, 6) is 1.40. The Hall–Kier alpha value is -2.75. The highest BCUT2D eigenvalue weighted by molar-refractivity contribution is 5.92. The fourth-order valence-electron chi connectivity index (χ4n) is 2.25. The molecule has 1 atom stereocenters. The Kier molecular flexibility index (Phi) is 5.80. The van der Waals surface area contributed by atoms with E-state index in [4.69, 9.17) is 9.47 Å². The summed E-state index contributed by atoms with van der Waals surface area (Å²) in [6, 6.07) is 15.0. The average Bonchev–Trinajstić information content (AvgIpc) is 2.60. The number of rotatable bonds is 6. The monoisotopic (exact) mass is 311 g/mol. The van der Waals surface area contributed by atoms with Crippen molar-refractivity contribution < 1.29 is 14.3 Å². The molecule has 0 spiro atoms. The molecule has 2 aromatic rings. The molecule has 1 amide bonds. The minimum Gasteiger partial charge on any atom is -0.497 e. The fourth-order valence-corrected chi connectivity index (χ4v) is 2.25. The van der Waals surface area contributed by atoms with Crippen LogP contribution in [-0.2, 0) is 4.79 Å².